The first kappa shape index (κ1) is 14.7. The van der Waals surface area contributed by atoms with Gasteiger partial charge in [0.15, 0.2) is 0 Å². The highest BCUT2D eigenvalue weighted by atomic mass is 19.1. The lowest BCUT2D eigenvalue weighted by molar-refractivity contribution is 0.0957. The minimum atomic E-state index is -0.135. The van der Waals surface area contributed by atoms with E-state index in [4.69, 9.17) is 4.74 Å². The Morgan fingerprint density at radius 1 is 1.05 bits per heavy atom. The van der Waals surface area contributed by atoms with Crippen LogP contribution in [0.25, 0.3) is 0 Å². The van der Waals surface area contributed by atoms with Gasteiger partial charge in [0, 0.05) is 7.11 Å². The molecule has 0 aliphatic carbocycles. The van der Waals surface area contributed by atoms with E-state index in [-0.39, 0.29) is 11.9 Å². The second kappa shape index (κ2) is 7.20. The van der Waals surface area contributed by atoms with Crippen molar-refractivity contribution in [3.8, 4) is 0 Å². The van der Waals surface area contributed by atoms with E-state index in [1.54, 1.807) is 13.2 Å². The van der Waals surface area contributed by atoms with Crippen LogP contribution >= 0.6 is 0 Å². The maximum atomic E-state index is 13.6. The zero-order valence-electron chi connectivity index (χ0n) is 12.1. The first-order chi connectivity index (χ1) is 9.74. The summed E-state index contributed by atoms with van der Waals surface area (Å²) in [5, 5.41) is 0. The molecule has 0 aliphatic heterocycles. The van der Waals surface area contributed by atoms with Crippen LogP contribution in [0.15, 0.2) is 48.5 Å². The first-order valence-corrected chi connectivity index (χ1v) is 7.09. The minimum absolute atomic E-state index is 0.0144. The van der Waals surface area contributed by atoms with Crippen molar-refractivity contribution in [1.29, 1.82) is 0 Å². The quantitative estimate of drug-likeness (QED) is 0.740. The second-order valence-electron chi connectivity index (χ2n) is 4.95. The molecule has 0 spiro atoms. The lowest BCUT2D eigenvalue weighted by atomic mass is 9.99. The number of aryl methyl sites for hydroxylation is 2. The minimum Gasteiger partial charge on any atom is -0.377 e. The van der Waals surface area contributed by atoms with E-state index in [0.717, 1.165) is 24.0 Å². The second-order valence-corrected chi connectivity index (χ2v) is 4.95. The molecule has 0 aliphatic rings. The lowest BCUT2D eigenvalue weighted by Gasteiger charge is -2.16. The van der Waals surface area contributed by atoms with Gasteiger partial charge >= 0.3 is 0 Å². The van der Waals surface area contributed by atoms with Crippen LogP contribution in [-0.2, 0) is 17.6 Å². The molecule has 1 unspecified atom stereocenters. The number of benzene rings is 2. The predicted molar refractivity (Wildman–Crippen MR) is 80.3 cm³/mol. The molecular formula is C18H21FO. The molecule has 1 atom stereocenters. The van der Waals surface area contributed by atoms with Crippen molar-refractivity contribution < 1.29 is 9.13 Å². The van der Waals surface area contributed by atoms with E-state index < -0.39 is 0 Å². The van der Waals surface area contributed by atoms with Crippen LogP contribution in [0.4, 0.5) is 4.39 Å². The fourth-order valence-corrected chi connectivity index (χ4v) is 2.38. The molecule has 106 valence electrons. The number of hydrogen-bond donors (Lipinski definition) is 0. The van der Waals surface area contributed by atoms with Gasteiger partial charge in [0.25, 0.3) is 0 Å². The average Bonchev–Trinajstić information content (AvgIpc) is 2.50. The monoisotopic (exact) mass is 272 g/mol. The molecule has 2 rings (SSSR count). The molecule has 1 nitrogen and oxygen atoms in total. The highest BCUT2D eigenvalue weighted by molar-refractivity contribution is 5.25. The van der Waals surface area contributed by atoms with Crippen molar-refractivity contribution in [2.45, 2.75) is 32.3 Å². The van der Waals surface area contributed by atoms with E-state index in [1.807, 2.05) is 12.1 Å². The SMILES string of the molecule is CCc1ccc(C(CCc2ccccc2F)OC)cc1. The molecule has 2 aromatic carbocycles. The summed E-state index contributed by atoms with van der Waals surface area (Å²) in [7, 11) is 1.71. The smallest absolute Gasteiger partial charge is 0.126 e. The zero-order valence-corrected chi connectivity index (χ0v) is 12.1. The molecule has 0 heterocycles. The van der Waals surface area contributed by atoms with Crippen molar-refractivity contribution in [3.05, 3.63) is 71.0 Å². The normalized spacial score (nSPS) is 12.3. The van der Waals surface area contributed by atoms with E-state index in [9.17, 15) is 4.39 Å². The van der Waals surface area contributed by atoms with Gasteiger partial charge in [-0.2, -0.15) is 0 Å². The lowest BCUT2D eigenvalue weighted by Crippen LogP contribution is -2.04. The molecule has 0 saturated heterocycles. The number of hydrogen-bond acceptors (Lipinski definition) is 1. The Kier molecular flexibility index (Phi) is 5.31. The maximum Gasteiger partial charge on any atom is 0.126 e. The molecule has 0 radical (unpaired) electrons. The standard InChI is InChI=1S/C18H21FO/c1-3-14-8-10-16(11-9-14)18(20-2)13-12-15-6-4-5-7-17(15)19/h4-11,18H,3,12-13H2,1-2H3. The van der Waals surface area contributed by atoms with Crippen molar-refractivity contribution in [2.75, 3.05) is 7.11 Å². The van der Waals surface area contributed by atoms with Gasteiger partial charge in [-0.25, -0.2) is 4.39 Å². The molecule has 2 heteroatoms. The van der Waals surface area contributed by atoms with Crippen LogP contribution in [-0.4, -0.2) is 7.11 Å². The van der Waals surface area contributed by atoms with E-state index in [0.29, 0.717) is 6.42 Å². The summed E-state index contributed by atoms with van der Waals surface area (Å²) < 4.78 is 19.2. The van der Waals surface area contributed by atoms with E-state index in [2.05, 4.69) is 31.2 Å². The summed E-state index contributed by atoms with van der Waals surface area (Å²) in [6.45, 7) is 2.14. The summed E-state index contributed by atoms with van der Waals surface area (Å²) in [5.41, 5.74) is 3.22. The van der Waals surface area contributed by atoms with Gasteiger partial charge in [0.1, 0.15) is 5.82 Å². The van der Waals surface area contributed by atoms with Crippen LogP contribution in [0.2, 0.25) is 0 Å². The Hall–Kier alpha value is -1.67. The molecule has 20 heavy (non-hydrogen) atoms. The van der Waals surface area contributed by atoms with Gasteiger partial charge in [-0.15, -0.1) is 0 Å². The third-order valence-corrected chi connectivity index (χ3v) is 3.68. The predicted octanol–water partition coefficient (Wildman–Crippen LogP) is 4.71. The van der Waals surface area contributed by atoms with Gasteiger partial charge in [0.2, 0.25) is 0 Å². The van der Waals surface area contributed by atoms with Gasteiger partial charge < -0.3 is 4.74 Å². The molecule has 0 bridgehead atoms. The third kappa shape index (κ3) is 3.67. The van der Waals surface area contributed by atoms with Gasteiger partial charge in [-0.1, -0.05) is 49.4 Å². The molecule has 0 saturated carbocycles. The number of rotatable bonds is 6. The Balaban J connectivity index is 2.03. The molecule has 0 N–H and O–H groups in total. The van der Waals surface area contributed by atoms with E-state index >= 15 is 0 Å². The maximum absolute atomic E-state index is 13.6. The number of ether oxygens (including phenoxy) is 1. The largest absolute Gasteiger partial charge is 0.377 e. The molecule has 0 amide bonds. The Bertz CT molecular complexity index is 533. The molecular weight excluding hydrogens is 251 g/mol. The fraction of sp³-hybridized carbons (Fsp3) is 0.333. The van der Waals surface area contributed by atoms with Crippen molar-refractivity contribution in [1.82, 2.24) is 0 Å². The first-order valence-electron chi connectivity index (χ1n) is 7.09. The Morgan fingerprint density at radius 2 is 1.75 bits per heavy atom. The molecule has 2 aromatic rings. The topological polar surface area (TPSA) is 9.23 Å². The number of methoxy groups -OCH3 is 1. The van der Waals surface area contributed by atoms with Gasteiger partial charge in [-0.05, 0) is 42.0 Å². The van der Waals surface area contributed by atoms with Gasteiger partial charge in [0.05, 0.1) is 6.10 Å². The van der Waals surface area contributed by atoms with Crippen LogP contribution < -0.4 is 0 Å². The van der Waals surface area contributed by atoms with Crippen LogP contribution in [0.5, 0.6) is 0 Å². The highest BCUT2D eigenvalue weighted by Gasteiger charge is 2.11. The molecule has 0 aromatic heterocycles. The van der Waals surface area contributed by atoms with Crippen LogP contribution in [0.3, 0.4) is 0 Å². The van der Waals surface area contributed by atoms with Crippen LogP contribution in [0, 0.1) is 5.82 Å². The summed E-state index contributed by atoms with van der Waals surface area (Å²) in [4.78, 5) is 0. The Labute approximate surface area is 120 Å². The van der Waals surface area contributed by atoms with Gasteiger partial charge in [-0.3, -0.25) is 0 Å². The average molecular weight is 272 g/mol. The summed E-state index contributed by atoms with van der Waals surface area (Å²) >= 11 is 0. The van der Waals surface area contributed by atoms with E-state index in [1.165, 1.54) is 11.6 Å². The van der Waals surface area contributed by atoms with Crippen molar-refractivity contribution in [2.24, 2.45) is 0 Å². The molecule has 0 fully saturated rings. The fourth-order valence-electron chi connectivity index (χ4n) is 2.38. The Morgan fingerprint density at radius 3 is 2.35 bits per heavy atom. The third-order valence-electron chi connectivity index (χ3n) is 3.68. The summed E-state index contributed by atoms with van der Waals surface area (Å²) in [6, 6.07) is 15.4. The zero-order chi connectivity index (χ0) is 14.4. The summed E-state index contributed by atoms with van der Waals surface area (Å²) in [6.07, 6.45) is 2.51. The van der Waals surface area contributed by atoms with Crippen molar-refractivity contribution >= 4 is 0 Å². The highest BCUT2D eigenvalue weighted by Crippen LogP contribution is 2.23. The number of halogens is 1. The summed E-state index contributed by atoms with van der Waals surface area (Å²) in [5.74, 6) is -0.135. The van der Waals surface area contributed by atoms with Crippen molar-refractivity contribution in [3.63, 3.8) is 0 Å². The van der Waals surface area contributed by atoms with Crippen LogP contribution in [0.1, 0.15) is 36.1 Å².